The zero-order valence-corrected chi connectivity index (χ0v) is 10.1. The van der Waals surface area contributed by atoms with Gasteiger partial charge in [0.15, 0.2) is 16.6 Å². The summed E-state index contributed by atoms with van der Waals surface area (Å²) in [7, 11) is 0. The maximum Gasteiger partial charge on any atom is 0.189 e. The van der Waals surface area contributed by atoms with Crippen LogP contribution < -0.4 is 0 Å². The molecule has 1 aromatic carbocycles. The van der Waals surface area contributed by atoms with E-state index in [9.17, 15) is 9.90 Å². The Kier molecular flexibility index (Phi) is 5.19. The molecule has 3 nitrogen and oxygen atoms in total. The first-order valence-corrected chi connectivity index (χ1v) is 6.28. The minimum atomic E-state index is -0.133. The SMILES string of the molecule is CCCSC(=O)CCc1ccc(O)c(O)c1. The van der Waals surface area contributed by atoms with Gasteiger partial charge in [0, 0.05) is 12.2 Å². The number of carbonyl (C=O) groups excluding carboxylic acids is 1. The summed E-state index contributed by atoms with van der Waals surface area (Å²) in [6.07, 6.45) is 2.06. The smallest absolute Gasteiger partial charge is 0.189 e. The third-order valence-corrected chi connectivity index (χ3v) is 3.26. The molecule has 0 aliphatic carbocycles. The largest absolute Gasteiger partial charge is 0.504 e. The fourth-order valence-corrected chi connectivity index (χ4v) is 1.94. The highest BCUT2D eigenvalue weighted by Gasteiger charge is 2.05. The minimum Gasteiger partial charge on any atom is -0.504 e. The van der Waals surface area contributed by atoms with Crippen molar-refractivity contribution in [2.75, 3.05) is 5.75 Å². The van der Waals surface area contributed by atoms with Gasteiger partial charge in [-0.25, -0.2) is 0 Å². The molecule has 0 aromatic heterocycles. The highest BCUT2D eigenvalue weighted by Crippen LogP contribution is 2.25. The first kappa shape index (κ1) is 12.9. The van der Waals surface area contributed by atoms with Crippen LogP contribution in [0.15, 0.2) is 18.2 Å². The number of carbonyl (C=O) groups is 1. The molecular weight excluding hydrogens is 224 g/mol. The van der Waals surface area contributed by atoms with E-state index in [4.69, 9.17) is 5.11 Å². The average Bonchev–Trinajstić information content (AvgIpc) is 2.28. The number of benzene rings is 1. The molecule has 1 rings (SSSR count). The normalized spacial score (nSPS) is 10.3. The molecule has 2 N–H and O–H groups in total. The molecule has 1 aromatic rings. The van der Waals surface area contributed by atoms with Crippen molar-refractivity contribution in [3.05, 3.63) is 23.8 Å². The van der Waals surface area contributed by atoms with E-state index >= 15 is 0 Å². The van der Waals surface area contributed by atoms with Crippen molar-refractivity contribution in [1.82, 2.24) is 0 Å². The van der Waals surface area contributed by atoms with Crippen LogP contribution >= 0.6 is 11.8 Å². The molecule has 88 valence electrons. The van der Waals surface area contributed by atoms with E-state index in [-0.39, 0.29) is 16.6 Å². The van der Waals surface area contributed by atoms with Crippen LogP contribution in [-0.2, 0) is 11.2 Å². The van der Waals surface area contributed by atoms with Gasteiger partial charge in [-0.1, -0.05) is 24.8 Å². The lowest BCUT2D eigenvalue weighted by molar-refractivity contribution is -0.110. The molecule has 0 amide bonds. The molecule has 0 bridgehead atoms. The van der Waals surface area contributed by atoms with Crippen molar-refractivity contribution in [3.63, 3.8) is 0 Å². The van der Waals surface area contributed by atoms with Gasteiger partial charge in [-0.15, -0.1) is 0 Å². The molecule has 16 heavy (non-hydrogen) atoms. The monoisotopic (exact) mass is 240 g/mol. The molecule has 0 aliphatic rings. The van der Waals surface area contributed by atoms with Crippen molar-refractivity contribution < 1.29 is 15.0 Å². The number of thioether (sulfide) groups is 1. The van der Waals surface area contributed by atoms with Crippen LogP contribution in [0.2, 0.25) is 0 Å². The first-order chi connectivity index (χ1) is 7.63. The Balaban J connectivity index is 2.42. The number of phenols is 2. The third-order valence-electron chi connectivity index (χ3n) is 2.12. The molecule has 0 heterocycles. The zero-order chi connectivity index (χ0) is 12.0. The van der Waals surface area contributed by atoms with Crippen molar-refractivity contribution >= 4 is 16.9 Å². The average molecular weight is 240 g/mol. The maximum absolute atomic E-state index is 11.4. The van der Waals surface area contributed by atoms with Crippen LogP contribution in [0.1, 0.15) is 25.3 Å². The fourth-order valence-electron chi connectivity index (χ4n) is 1.26. The molecule has 0 saturated carbocycles. The fraction of sp³-hybridized carbons (Fsp3) is 0.417. The van der Waals surface area contributed by atoms with Gasteiger partial charge in [-0.2, -0.15) is 0 Å². The van der Waals surface area contributed by atoms with Crippen LogP contribution in [0.4, 0.5) is 0 Å². The van der Waals surface area contributed by atoms with Crippen molar-refractivity contribution in [2.45, 2.75) is 26.2 Å². The molecule has 0 fully saturated rings. The van der Waals surface area contributed by atoms with Crippen LogP contribution in [-0.4, -0.2) is 21.1 Å². The van der Waals surface area contributed by atoms with Gasteiger partial charge in [-0.05, 0) is 30.5 Å². The second-order valence-electron chi connectivity index (χ2n) is 3.54. The quantitative estimate of drug-likeness (QED) is 0.777. The van der Waals surface area contributed by atoms with Gasteiger partial charge in [0.25, 0.3) is 0 Å². The van der Waals surface area contributed by atoms with Crippen molar-refractivity contribution in [2.24, 2.45) is 0 Å². The van der Waals surface area contributed by atoms with E-state index in [0.29, 0.717) is 12.8 Å². The summed E-state index contributed by atoms with van der Waals surface area (Å²) >= 11 is 1.35. The first-order valence-electron chi connectivity index (χ1n) is 5.30. The van der Waals surface area contributed by atoms with E-state index < -0.39 is 0 Å². The highest BCUT2D eigenvalue weighted by atomic mass is 32.2. The standard InChI is InChI=1S/C12H16O3S/c1-2-7-16-12(15)6-4-9-3-5-10(13)11(14)8-9/h3,5,8,13-14H,2,4,6-7H2,1H3. The number of hydrogen-bond acceptors (Lipinski definition) is 4. The lowest BCUT2D eigenvalue weighted by atomic mass is 10.1. The molecule has 0 aliphatic heterocycles. The summed E-state index contributed by atoms with van der Waals surface area (Å²) in [5.74, 6) is 0.598. The van der Waals surface area contributed by atoms with E-state index in [1.165, 1.54) is 23.9 Å². The van der Waals surface area contributed by atoms with Crippen LogP contribution in [0.3, 0.4) is 0 Å². The van der Waals surface area contributed by atoms with Gasteiger partial charge >= 0.3 is 0 Å². The lowest BCUT2D eigenvalue weighted by Gasteiger charge is -2.03. The Morgan fingerprint density at radius 2 is 2.06 bits per heavy atom. The Labute approximate surface area is 99.5 Å². The van der Waals surface area contributed by atoms with Crippen LogP contribution in [0.5, 0.6) is 11.5 Å². The Morgan fingerprint density at radius 1 is 1.31 bits per heavy atom. The highest BCUT2D eigenvalue weighted by molar-refractivity contribution is 8.13. The number of aryl methyl sites for hydroxylation is 1. The Bertz CT molecular complexity index is 363. The molecule has 0 spiro atoms. The van der Waals surface area contributed by atoms with E-state index in [1.54, 1.807) is 6.07 Å². The van der Waals surface area contributed by atoms with E-state index in [1.807, 2.05) is 6.92 Å². The van der Waals surface area contributed by atoms with E-state index in [0.717, 1.165) is 17.7 Å². The summed E-state index contributed by atoms with van der Waals surface area (Å²) in [6, 6.07) is 4.65. The predicted octanol–water partition coefficient (Wildman–Crippen LogP) is 2.70. The Hall–Kier alpha value is -1.16. The van der Waals surface area contributed by atoms with Gasteiger partial charge in [-0.3, -0.25) is 4.79 Å². The summed E-state index contributed by atoms with van der Waals surface area (Å²) in [6.45, 7) is 2.04. The van der Waals surface area contributed by atoms with Crippen molar-refractivity contribution in [1.29, 1.82) is 0 Å². The topological polar surface area (TPSA) is 57.5 Å². The maximum atomic E-state index is 11.4. The van der Waals surface area contributed by atoms with Gasteiger partial charge in [0.1, 0.15) is 0 Å². The van der Waals surface area contributed by atoms with Crippen LogP contribution in [0, 0.1) is 0 Å². The molecule has 0 saturated heterocycles. The molecule has 4 heteroatoms. The van der Waals surface area contributed by atoms with E-state index in [2.05, 4.69) is 0 Å². The van der Waals surface area contributed by atoms with Crippen molar-refractivity contribution in [3.8, 4) is 11.5 Å². The second-order valence-corrected chi connectivity index (χ2v) is 4.70. The molecule has 0 unspecified atom stereocenters. The summed E-state index contributed by atoms with van der Waals surface area (Å²) in [5, 5.41) is 18.6. The van der Waals surface area contributed by atoms with Crippen LogP contribution in [0.25, 0.3) is 0 Å². The minimum absolute atomic E-state index is 0.129. The summed E-state index contributed by atoms with van der Waals surface area (Å²) in [4.78, 5) is 11.4. The number of rotatable bonds is 5. The predicted molar refractivity (Wildman–Crippen MR) is 65.8 cm³/mol. The van der Waals surface area contributed by atoms with Gasteiger partial charge in [0.2, 0.25) is 0 Å². The second kappa shape index (κ2) is 6.43. The molecule has 0 atom stereocenters. The lowest BCUT2D eigenvalue weighted by Crippen LogP contribution is -1.96. The summed E-state index contributed by atoms with van der Waals surface area (Å²) < 4.78 is 0. The van der Waals surface area contributed by atoms with Gasteiger partial charge in [0.05, 0.1) is 0 Å². The summed E-state index contributed by atoms with van der Waals surface area (Å²) in [5.41, 5.74) is 0.862. The number of phenolic OH excluding ortho intramolecular Hbond substituents is 2. The molecular formula is C12H16O3S. The van der Waals surface area contributed by atoms with Gasteiger partial charge < -0.3 is 10.2 Å². The number of hydrogen-bond donors (Lipinski definition) is 2. The third kappa shape index (κ3) is 4.14. The molecule has 0 radical (unpaired) electrons. The number of aromatic hydroxyl groups is 2. The zero-order valence-electron chi connectivity index (χ0n) is 9.27. The Morgan fingerprint density at radius 3 is 2.69 bits per heavy atom.